The van der Waals surface area contributed by atoms with Crippen LogP contribution in [0.2, 0.25) is 0 Å². The number of carbonyl (C=O) groups is 1. The summed E-state index contributed by atoms with van der Waals surface area (Å²) in [7, 11) is 1.51. The lowest BCUT2D eigenvalue weighted by molar-refractivity contribution is 0.234. The number of urea groups is 1. The maximum absolute atomic E-state index is 10.9. The highest BCUT2D eigenvalue weighted by atomic mass is 16.5. The minimum absolute atomic E-state index is 0.122. The smallest absolute Gasteiger partial charge is 0.314 e. The third-order valence-electron chi connectivity index (χ3n) is 2.69. The molecule has 0 saturated carbocycles. The maximum atomic E-state index is 10.9. The Morgan fingerprint density at radius 2 is 2.06 bits per heavy atom. The van der Waals surface area contributed by atoms with Gasteiger partial charge in [-0.3, -0.25) is 0 Å². The monoisotopic (exact) mass is 222 g/mol. The first-order valence-corrected chi connectivity index (χ1v) is 5.09. The molecule has 16 heavy (non-hydrogen) atoms. The van der Waals surface area contributed by atoms with Crippen LogP contribution in [-0.4, -0.2) is 31.3 Å². The van der Waals surface area contributed by atoms with Gasteiger partial charge < -0.3 is 20.5 Å². The number of hydrogen-bond acceptors (Lipinski definition) is 3. The van der Waals surface area contributed by atoms with Crippen molar-refractivity contribution in [3.8, 4) is 11.5 Å². The van der Waals surface area contributed by atoms with Gasteiger partial charge in [0.05, 0.1) is 7.11 Å². The van der Waals surface area contributed by atoms with Crippen LogP contribution in [0.3, 0.4) is 0 Å². The molecular weight excluding hydrogens is 208 g/mol. The summed E-state index contributed by atoms with van der Waals surface area (Å²) < 4.78 is 4.97. The number of nitrogens with one attached hydrogen (secondary N) is 2. The summed E-state index contributed by atoms with van der Waals surface area (Å²) in [5.74, 6) is 0.753. The van der Waals surface area contributed by atoms with E-state index in [1.54, 1.807) is 12.1 Å². The van der Waals surface area contributed by atoms with E-state index in [0.717, 1.165) is 5.56 Å². The molecule has 1 aliphatic rings. The summed E-state index contributed by atoms with van der Waals surface area (Å²) >= 11 is 0. The van der Waals surface area contributed by atoms with Crippen LogP contribution in [0.4, 0.5) is 4.79 Å². The molecule has 86 valence electrons. The van der Waals surface area contributed by atoms with E-state index in [2.05, 4.69) is 10.6 Å². The number of hydrogen-bond donors (Lipinski definition) is 3. The molecule has 1 heterocycles. The van der Waals surface area contributed by atoms with Gasteiger partial charge in [-0.1, -0.05) is 6.07 Å². The zero-order chi connectivity index (χ0) is 11.5. The molecule has 1 aliphatic heterocycles. The van der Waals surface area contributed by atoms with Crippen molar-refractivity contribution < 1.29 is 14.6 Å². The van der Waals surface area contributed by atoms with E-state index in [4.69, 9.17) is 4.74 Å². The van der Waals surface area contributed by atoms with Crippen LogP contribution in [0, 0.1) is 0 Å². The molecule has 0 aromatic heterocycles. The summed E-state index contributed by atoms with van der Waals surface area (Å²) in [5, 5.41) is 15.1. The first kappa shape index (κ1) is 10.6. The van der Waals surface area contributed by atoms with Crippen molar-refractivity contribution >= 4 is 6.03 Å². The standard InChI is InChI=1S/C11H14N2O3/c1-16-10-3-2-7(4-9(10)14)8-5-12-11(15)13-6-8/h2-4,8,14H,5-6H2,1H3,(H2,12,13,15). The van der Waals surface area contributed by atoms with Crippen LogP contribution in [0.25, 0.3) is 0 Å². The van der Waals surface area contributed by atoms with Crippen molar-refractivity contribution in [2.45, 2.75) is 5.92 Å². The van der Waals surface area contributed by atoms with Crippen LogP contribution in [0.5, 0.6) is 11.5 Å². The minimum Gasteiger partial charge on any atom is -0.504 e. The van der Waals surface area contributed by atoms with Crippen molar-refractivity contribution in [1.29, 1.82) is 0 Å². The van der Waals surface area contributed by atoms with Crippen LogP contribution in [0.1, 0.15) is 11.5 Å². The molecule has 3 N–H and O–H groups in total. The summed E-state index contributed by atoms with van der Waals surface area (Å²) in [5.41, 5.74) is 0.978. The second-order valence-electron chi connectivity index (χ2n) is 3.72. The molecular formula is C11H14N2O3. The Morgan fingerprint density at radius 3 is 2.62 bits per heavy atom. The van der Waals surface area contributed by atoms with Gasteiger partial charge in [0.15, 0.2) is 11.5 Å². The first-order valence-electron chi connectivity index (χ1n) is 5.09. The second kappa shape index (κ2) is 4.30. The van der Waals surface area contributed by atoms with Gasteiger partial charge >= 0.3 is 6.03 Å². The van der Waals surface area contributed by atoms with Gasteiger partial charge in [-0.05, 0) is 17.7 Å². The highest BCUT2D eigenvalue weighted by Crippen LogP contribution is 2.29. The molecule has 2 rings (SSSR count). The highest BCUT2D eigenvalue weighted by Gasteiger charge is 2.19. The molecule has 0 atom stereocenters. The molecule has 0 spiro atoms. The van der Waals surface area contributed by atoms with Gasteiger partial charge in [0.25, 0.3) is 0 Å². The maximum Gasteiger partial charge on any atom is 0.314 e. The molecule has 0 aliphatic carbocycles. The number of carbonyl (C=O) groups excluding carboxylic acids is 1. The highest BCUT2D eigenvalue weighted by molar-refractivity contribution is 5.75. The number of benzene rings is 1. The normalized spacial score (nSPS) is 16.4. The number of amides is 2. The lowest BCUT2D eigenvalue weighted by Crippen LogP contribution is -2.47. The van der Waals surface area contributed by atoms with Gasteiger partial charge in [0.1, 0.15) is 0 Å². The number of ether oxygens (including phenoxy) is 1. The zero-order valence-electron chi connectivity index (χ0n) is 8.99. The van der Waals surface area contributed by atoms with E-state index in [-0.39, 0.29) is 17.7 Å². The molecule has 5 nitrogen and oxygen atoms in total. The summed E-state index contributed by atoms with van der Waals surface area (Å²) in [6, 6.07) is 5.14. The van der Waals surface area contributed by atoms with Crippen LogP contribution < -0.4 is 15.4 Å². The fourth-order valence-corrected chi connectivity index (χ4v) is 1.76. The number of methoxy groups -OCH3 is 1. The largest absolute Gasteiger partial charge is 0.504 e. The van der Waals surface area contributed by atoms with E-state index >= 15 is 0 Å². The predicted octanol–water partition coefficient (Wildman–Crippen LogP) is 0.797. The zero-order valence-corrected chi connectivity index (χ0v) is 8.99. The molecule has 0 bridgehead atoms. The Bertz CT molecular complexity index is 396. The summed E-state index contributed by atoms with van der Waals surface area (Å²) in [6.07, 6.45) is 0. The molecule has 1 saturated heterocycles. The Balaban J connectivity index is 2.15. The van der Waals surface area contributed by atoms with Crippen molar-refractivity contribution in [2.75, 3.05) is 20.2 Å². The molecule has 0 radical (unpaired) electrons. The number of phenols is 1. The van der Waals surface area contributed by atoms with Crippen molar-refractivity contribution in [2.24, 2.45) is 0 Å². The van der Waals surface area contributed by atoms with Crippen LogP contribution in [-0.2, 0) is 0 Å². The number of rotatable bonds is 2. The van der Waals surface area contributed by atoms with E-state index in [1.807, 2.05) is 6.07 Å². The first-order chi connectivity index (χ1) is 7.70. The third kappa shape index (κ3) is 2.03. The third-order valence-corrected chi connectivity index (χ3v) is 2.69. The van der Waals surface area contributed by atoms with E-state index < -0.39 is 0 Å². The van der Waals surface area contributed by atoms with Gasteiger partial charge in [-0.15, -0.1) is 0 Å². The number of aromatic hydroxyl groups is 1. The van der Waals surface area contributed by atoms with Gasteiger partial charge in [0.2, 0.25) is 0 Å². The number of phenolic OH excluding ortho intramolecular Hbond substituents is 1. The lowest BCUT2D eigenvalue weighted by atomic mass is 9.97. The molecule has 2 amide bonds. The summed E-state index contributed by atoms with van der Waals surface area (Å²) in [6.45, 7) is 1.16. The van der Waals surface area contributed by atoms with Crippen molar-refractivity contribution in [1.82, 2.24) is 10.6 Å². The topological polar surface area (TPSA) is 70.6 Å². The molecule has 5 heteroatoms. The minimum atomic E-state index is -0.144. The average Bonchev–Trinajstić information content (AvgIpc) is 2.30. The van der Waals surface area contributed by atoms with Gasteiger partial charge in [-0.2, -0.15) is 0 Å². The Morgan fingerprint density at radius 1 is 1.38 bits per heavy atom. The van der Waals surface area contributed by atoms with Gasteiger partial charge in [0, 0.05) is 19.0 Å². The van der Waals surface area contributed by atoms with E-state index in [0.29, 0.717) is 18.8 Å². The quantitative estimate of drug-likeness (QED) is 0.693. The molecule has 0 unspecified atom stereocenters. The van der Waals surface area contributed by atoms with Crippen LogP contribution >= 0.6 is 0 Å². The predicted molar refractivity (Wildman–Crippen MR) is 58.8 cm³/mol. The molecule has 1 aromatic carbocycles. The summed E-state index contributed by atoms with van der Waals surface area (Å²) in [4.78, 5) is 10.9. The van der Waals surface area contributed by atoms with Crippen molar-refractivity contribution in [3.63, 3.8) is 0 Å². The molecule has 1 fully saturated rings. The van der Waals surface area contributed by atoms with E-state index in [9.17, 15) is 9.90 Å². The Hall–Kier alpha value is -1.91. The fraction of sp³-hybridized carbons (Fsp3) is 0.364. The fourth-order valence-electron chi connectivity index (χ4n) is 1.76. The van der Waals surface area contributed by atoms with Crippen molar-refractivity contribution in [3.05, 3.63) is 23.8 Å². The lowest BCUT2D eigenvalue weighted by Gasteiger charge is -2.24. The SMILES string of the molecule is COc1ccc(C2CNC(=O)NC2)cc1O. The Kier molecular flexibility index (Phi) is 2.85. The molecule has 1 aromatic rings. The van der Waals surface area contributed by atoms with Crippen LogP contribution in [0.15, 0.2) is 18.2 Å². The second-order valence-corrected chi connectivity index (χ2v) is 3.72. The average molecular weight is 222 g/mol. The van der Waals surface area contributed by atoms with Gasteiger partial charge in [-0.25, -0.2) is 4.79 Å². The van der Waals surface area contributed by atoms with E-state index in [1.165, 1.54) is 7.11 Å². The Labute approximate surface area is 93.4 Å².